The quantitative estimate of drug-likeness (QED) is 0.843. The normalized spacial score (nSPS) is 12.6. The summed E-state index contributed by atoms with van der Waals surface area (Å²) in [5, 5.41) is 13.9. The second kappa shape index (κ2) is 6.31. The Morgan fingerprint density at radius 1 is 1.28 bits per heavy atom. The number of aryl methyl sites for hydroxylation is 2. The first-order valence-corrected chi connectivity index (χ1v) is 6.30. The lowest BCUT2D eigenvalue weighted by molar-refractivity contribution is 0.158. The largest absolute Gasteiger partial charge is 0.393 e. The van der Waals surface area contributed by atoms with Crippen molar-refractivity contribution < 1.29 is 5.11 Å². The van der Waals surface area contributed by atoms with E-state index >= 15 is 0 Å². The molecule has 1 N–H and O–H groups in total. The van der Waals surface area contributed by atoms with Crippen LogP contribution in [0.2, 0.25) is 0 Å². The minimum absolute atomic E-state index is 0.336. The smallest absolute Gasteiger partial charge is 0.138 e. The first-order valence-electron chi connectivity index (χ1n) is 6.30. The molecule has 1 unspecified atom stereocenters. The molecule has 0 saturated carbocycles. The molecule has 1 aromatic heterocycles. The molecule has 96 valence electrons. The second-order valence-corrected chi connectivity index (χ2v) is 4.54. The summed E-state index contributed by atoms with van der Waals surface area (Å²) < 4.78 is 1.71. The third-order valence-electron chi connectivity index (χ3n) is 3.07. The molecule has 2 rings (SSSR count). The van der Waals surface area contributed by atoms with Gasteiger partial charge in [0.05, 0.1) is 6.10 Å². The van der Waals surface area contributed by atoms with E-state index in [1.807, 2.05) is 25.2 Å². The number of hydrogen-bond acceptors (Lipinski definition) is 3. The van der Waals surface area contributed by atoms with Gasteiger partial charge in [0, 0.05) is 13.5 Å². The van der Waals surface area contributed by atoms with Crippen molar-refractivity contribution in [3.05, 3.63) is 48.0 Å². The SMILES string of the molecule is Cn1ncnc1CC(O)CCCc1ccccc1. The molecule has 0 saturated heterocycles. The van der Waals surface area contributed by atoms with Gasteiger partial charge in [0.2, 0.25) is 0 Å². The summed E-state index contributed by atoms with van der Waals surface area (Å²) in [5.74, 6) is 0.835. The maximum Gasteiger partial charge on any atom is 0.138 e. The zero-order chi connectivity index (χ0) is 12.8. The maximum atomic E-state index is 9.94. The van der Waals surface area contributed by atoms with Crippen LogP contribution in [0.25, 0.3) is 0 Å². The first-order chi connectivity index (χ1) is 8.75. The monoisotopic (exact) mass is 245 g/mol. The summed E-state index contributed by atoms with van der Waals surface area (Å²) in [4.78, 5) is 4.11. The Morgan fingerprint density at radius 2 is 2.06 bits per heavy atom. The lowest BCUT2D eigenvalue weighted by atomic mass is 10.0. The number of hydrogen-bond donors (Lipinski definition) is 1. The first kappa shape index (κ1) is 12.8. The molecular weight excluding hydrogens is 226 g/mol. The number of aliphatic hydroxyl groups excluding tert-OH is 1. The van der Waals surface area contributed by atoms with Crippen molar-refractivity contribution in [2.75, 3.05) is 0 Å². The summed E-state index contributed by atoms with van der Waals surface area (Å²) in [5.41, 5.74) is 1.32. The summed E-state index contributed by atoms with van der Waals surface area (Å²) >= 11 is 0. The molecule has 4 nitrogen and oxygen atoms in total. The third kappa shape index (κ3) is 3.67. The Labute approximate surface area is 107 Å². The predicted octanol–water partition coefficient (Wildman–Crippen LogP) is 1.74. The lowest BCUT2D eigenvalue weighted by Gasteiger charge is -2.09. The topological polar surface area (TPSA) is 50.9 Å². The predicted molar refractivity (Wildman–Crippen MR) is 70.1 cm³/mol. The van der Waals surface area contributed by atoms with Gasteiger partial charge in [-0.1, -0.05) is 30.3 Å². The van der Waals surface area contributed by atoms with E-state index in [0.29, 0.717) is 6.42 Å². The average molecular weight is 245 g/mol. The minimum atomic E-state index is -0.336. The highest BCUT2D eigenvalue weighted by atomic mass is 16.3. The van der Waals surface area contributed by atoms with Crippen LogP contribution in [0.1, 0.15) is 24.2 Å². The van der Waals surface area contributed by atoms with Gasteiger partial charge in [-0.3, -0.25) is 4.68 Å². The number of rotatable bonds is 6. The van der Waals surface area contributed by atoms with Crippen molar-refractivity contribution in [3.63, 3.8) is 0 Å². The number of benzene rings is 1. The lowest BCUT2D eigenvalue weighted by Crippen LogP contribution is -2.14. The van der Waals surface area contributed by atoms with Crippen molar-refractivity contribution in [1.29, 1.82) is 0 Å². The molecule has 0 spiro atoms. The zero-order valence-corrected chi connectivity index (χ0v) is 10.7. The van der Waals surface area contributed by atoms with Crippen LogP contribution >= 0.6 is 0 Å². The summed E-state index contributed by atoms with van der Waals surface area (Å²) in [6.45, 7) is 0. The van der Waals surface area contributed by atoms with Gasteiger partial charge in [0.1, 0.15) is 12.2 Å². The fourth-order valence-electron chi connectivity index (χ4n) is 2.00. The molecule has 1 heterocycles. The summed E-state index contributed by atoms with van der Waals surface area (Å²) in [6, 6.07) is 10.4. The Morgan fingerprint density at radius 3 is 2.72 bits per heavy atom. The van der Waals surface area contributed by atoms with Gasteiger partial charge < -0.3 is 5.11 Å². The highest BCUT2D eigenvalue weighted by Gasteiger charge is 2.09. The van der Waals surface area contributed by atoms with Crippen LogP contribution < -0.4 is 0 Å². The van der Waals surface area contributed by atoms with Crippen molar-refractivity contribution in [2.24, 2.45) is 7.05 Å². The highest BCUT2D eigenvalue weighted by molar-refractivity contribution is 5.14. The van der Waals surface area contributed by atoms with E-state index in [0.717, 1.165) is 25.1 Å². The molecule has 1 atom stereocenters. The molecule has 2 aromatic rings. The van der Waals surface area contributed by atoms with E-state index in [9.17, 15) is 5.11 Å². The van der Waals surface area contributed by atoms with Gasteiger partial charge in [-0.15, -0.1) is 0 Å². The molecule has 0 amide bonds. The van der Waals surface area contributed by atoms with Crippen LogP contribution in [-0.4, -0.2) is 26.0 Å². The van der Waals surface area contributed by atoms with E-state index in [-0.39, 0.29) is 6.10 Å². The zero-order valence-electron chi connectivity index (χ0n) is 10.7. The van der Waals surface area contributed by atoms with Crippen molar-refractivity contribution in [1.82, 2.24) is 14.8 Å². The molecule has 1 aromatic carbocycles. The van der Waals surface area contributed by atoms with Crippen molar-refractivity contribution in [3.8, 4) is 0 Å². The fourth-order valence-corrected chi connectivity index (χ4v) is 2.00. The van der Waals surface area contributed by atoms with E-state index in [1.165, 1.54) is 11.9 Å². The Bertz CT molecular complexity index is 467. The van der Waals surface area contributed by atoms with E-state index in [4.69, 9.17) is 0 Å². The molecule has 0 aliphatic rings. The molecular formula is C14H19N3O. The summed E-state index contributed by atoms with van der Waals surface area (Å²) in [6.07, 6.45) is 4.55. The molecule has 18 heavy (non-hydrogen) atoms. The molecule has 4 heteroatoms. The number of aromatic nitrogens is 3. The van der Waals surface area contributed by atoms with E-state index in [2.05, 4.69) is 22.2 Å². The molecule has 0 aliphatic carbocycles. The fraction of sp³-hybridized carbons (Fsp3) is 0.429. The van der Waals surface area contributed by atoms with Crippen LogP contribution in [-0.2, 0) is 19.9 Å². The minimum Gasteiger partial charge on any atom is -0.393 e. The average Bonchev–Trinajstić information content (AvgIpc) is 2.76. The summed E-state index contributed by atoms with van der Waals surface area (Å²) in [7, 11) is 1.85. The van der Waals surface area contributed by atoms with Crippen molar-refractivity contribution >= 4 is 0 Å². The standard InChI is InChI=1S/C14H19N3O/c1-17-14(15-11-16-17)10-13(18)9-5-8-12-6-3-2-4-7-12/h2-4,6-7,11,13,18H,5,8-10H2,1H3. The molecule has 0 bridgehead atoms. The van der Waals surface area contributed by atoms with Crippen LogP contribution in [0.5, 0.6) is 0 Å². The third-order valence-corrected chi connectivity index (χ3v) is 3.07. The van der Waals surface area contributed by atoms with Gasteiger partial charge in [-0.2, -0.15) is 5.10 Å². The Kier molecular flexibility index (Phi) is 4.47. The molecule has 0 radical (unpaired) electrons. The van der Waals surface area contributed by atoms with Gasteiger partial charge in [0.15, 0.2) is 0 Å². The number of aliphatic hydroxyl groups is 1. The van der Waals surface area contributed by atoms with Gasteiger partial charge in [-0.25, -0.2) is 4.98 Å². The van der Waals surface area contributed by atoms with E-state index < -0.39 is 0 Å². The Hall–Kier alpha value is -1.68. The molecule has 0 fully saturated rings. The van der Waals surface area contributed by atoms with Gasteiger partial charge in [-0.05, 0) is 24.8 Å². The van der Waals surface area contributed by atoms with Crippen LogP contribution in [0.4, 0.5) is 0 Å². The molecule has 0 aliphatic heterocycles. The second-order valence-electron chi connectivity index (χ2n) is 4.54. The van der Waals surface area contributed by atoms with Gasteiger partial charge in [0.25, 0.3) is 0 Å². The highest BCUT2D eigenvalue weighted by Crippen LogP contribution is 2.09. The number of nitrogens with zero attached hydrogens (tertiary/aromatic N) is 3. The maximum absolute atomic E-state index is 9.94. The van der Waals surface area contributed by atoms with Crippen molar-refractivity contribution in [2.45, 2.75) is 31.8 Å². The van der Waals surface area contributed by atoms with Crippen LogP contribution in [0.3, 0.4) is 0 Å². The van der Waals surface area contributed by atoms with E-state index in [1.54, 1.807) is 4.68 Å². The Balaban J connectivity index is 1.72. The van der Waals surface area contributed by atoms with Crippen LogP contribution in [0.15, 0.2) is 36.7 Å². The van der Waals surface area contributed by atoms with Gasteiger partial charge >= 0.3 is 0 Å². The van der Waals surface area contributed by atoms with Crippen LogP contribution in [0, 0.1) is 0 Å².